The minimum Gasteiger partial charge on any atom is -0.490 e. The Morgan fingerprint density at radius 2 is 2.28 bits per heavy atom. The lowest BCUT2D eigenvalue weighted by Gasteiger charge is -2.08. The van der Waals surface area contributed by atoms with Crippen LogP contribution in [0.25, 0.3) is 11.4 Å². The van der Waals surface area contributed by atoms with Crippen molar-refractivity contribution >= 4 is 0 Å². The van der Waals surface area contributed by atoms with Gasteiger partial charge in [0.15, 0.2) is 0 Å². The first-order valence-electron chi connectivity index (χ1n) is 5.75. The molecule has 94 valence electrons. The van der Waals surface area contributed by atoms with Crippen LogP contribution < -0.4 is 10.5 Å². The lowest BCUT2D eigenvalue weighted by molar-refractivity contribution is 0.303. The monoisotopic (exact) mass is 249 g/mol. The molecule has 1 aliphatic carbocycles. The maximum atomic E-state index is 13.3. The normalized spacial score (nSPS) is 14.8. The molecule has 5 nitrogen and oxygen atoms in total. The summed E-state index contributed by atoms with van der Waals surface area (Å²) in [6.45, 7) is 0.154. The number of nitrogens with two attached hydrogens (primary N) is 1. The summed E-state index contributed by atoms with van der Waals surface area (Å²) in [5.41, 5.74) is 5.89. The van der Waals surface area contributed by atoms with E-state index >= 15 is 0 Å². The van der Waals surface area contributed by atoms with Crippen LogP contribution in [0, 0.1) is 5.82 Å². The quantitative estimate of drug-likeness (QED) is 0.895. The van der Waals surface area contributed by atoms with Crippen molar-refractivity contribution in [1.82, 2.24) is 10.1 Å². The van der Waals surface area contributed by atoms with Crippen LogP contribution in [0.15, 0.2) is 22.7 Å². The molecular weight excluding hydrogens is 237 g/mol. The van der Waals surface area contributed by atoms with E-state index in [0.29, 0.717) is 23.0 Å². The van der Waals surface area contributed by atoms with Crippen LogP contribution in [0.2, 0.25) is 0 Å². The van der Waals surface area contributed by atoms with Crippen LogP contribution in [0.1, 0.15) is 18.7 Å². The van der Waals surface area contributed by atoms with Crippen molar-refractivity contribution in [1.29, 1.82) is 0 Å². The topological polar surface area (TPSA) is 74.2 Å². The molecule has 1 saturated carbocycles. The molecule has 6 heteroatoms. The summed E-state index contributed by atoms with van der Waals surface area (Å²) < 4.78 is 23.9. The second-order valence-corrected chi connectivity index (χ2v) is 4.17. The Morgan fingerprint density at radius 3 is 2.94 bits per heavy atom. The summed E-state index contributed by atoms with van der Waals surface area (Å²) in [5, 5.41) is 3.77. The van der Waals surface area contributed by atoms with Crippen molar-refractivity contribution in [2.75, 3.05) is 0 Å². The van der Waals surface area contributed by atoms with Crippen LogP contribution in [0.4, 0.5) is 4.39 Å². The van der Waals surface area contributed by atoms with Crippen molar-refractivity contribution in [3.63, 3.8) is 0 Å². The van der Waals surface area contributed by atoms with Gasteiger partial charge in [-0.15, -0.1) is 0 Å². The van der Waals surface area contributed by atoms with Gasteiger partial charge in [-0.2, -0.15) is 4.98 Å². The third-order valence-corrected chi connectivity index (χ3v) is 2.64. The number of benzene rings is 1. The van der Waals surface area contributed by atoms with Gasteiger partial charge in [0.05, 0.1) is 18.2 Å². The molecule has 2 aromatic rings. The molecule has 0 amide bonds. The summed E-state index contributed by atoms with van der Waals surface area (Å²) in [5.74, 6) is 0.813. The van der Waals surface area contributed by atoms with Gasteiger partial charge < -0.3 is 15.0 Å². The van der Waals surface area contributed by atoms with Crippen LogP contribution in [0.3, 0.4) is 0 Å². The van der Waals surface area contributed by atoms with E-state index in [9.17, 15) is 4.39 Å². The maximum absolute atomic E-state index is 13.3. The summed E-state index contributed by atoms with van der Waals surface area (Å²) in [6, 6.07) is 4.27. The van der Waals surface area contributed by atoms with Gasteiger partial charge in [-0.3, -0.25) is 0 Å². The highest BCUT2D eigenvalue weighted by molar-refractivity contribution is 5.63. The molecular formula is C12H12FN3O2. The standard InChI is InChI=1S/C12H12FN3O2/c13-7-1-4-10(17-8-2-3-8)9(5-7)12-15-11(6-14)18-16-12/h1,4-5,8H,2-3,6,14H2. The average Bonchev–Trinajstić information content (AvgIpc) is 3.06. The lowest BCUT2D eigenvalue weighted by atomic mass is 10.2. The fourth-order valence-corrected chi connectivity index (χ4v) is 1.59. The predicted molar refractivity (Wildman–Crippen MR) is 61.2 cm³/mol. The highest BCUT2D eigenvalue weighted by atomic mass is 19.1. The van der Waals surface area contributed by atoms with Gasteiger partial charge in [0, 0.05) is 0 Å². The summed E-state index contributed by atoms with van der Waals surface area (Å²) in [6.07, 6.45) is 2.27. The molecule has 0 spiro atoms. The van der Waals surface area contributed by atoms with E-state index in [2.05, 4.69) is 10.1 Å². The third-order valence-electron chi connectivity index (χ3n) is 2.64. The Bertz CT molecular complexity index is 566. The number of aromatic nitrogens is 2. The number of ether oxygens (including phenoxy) is 1. The summed E-state index contributed by atoms with van der Waals surface area (Å²) in [7, 11) is 0. The SMILES string of the molecule is NCc1nc(-c2cc(F)ccc2OC2CC2)no1. The van der Waals surface area contributed by atoms with Crippen molar-refractivity contribution in [3.8, 4) is 17.1 Å². The van der Waals surface area contributed by atoms with Crippen LogP contribution in [0.5, 0.6) is 5.75 Å². The Balaban J connectivity index is 1.99. The van der Waals surface area contributed by atoms with Crippen molar-refractivity contribution in [3.05, 3.63) is 29.9 Å². The highest BCUT2D eigenvalue weighted by Crippen LogP contribution is 2.34. The van der Waals surface area contributed by atoms with Crippen LogP contribution in [-0.4, -0.2) is 16.2 Å². The molecule has 0 unspecified atom stereocenters. The first kappa shape index (κ1) is 11.2. The predicted octanol–water partition coefficient (Wildman–Crippen LogP) is 1.88. The fourth-order valence-electron chi connectivity index (χ4n) is 1.59. The zero-order valence-electron chi connectivity index (χ0n) is 9.60. The average molecular weight is 249 g/mol. The summed E-state index contributed by atoms with van der Waals surface area (Å²) in [4.78, 5) is 4.08. The second kappa shape index (κ2) is 4.38. The van der Waals surface area contributed by atoms with Gasteiger partial charge >= 0.3 is 0 Å². The Hall–Kier alpha value is -1.95. The molecule has 1 fully saturated rings. The number of hydrogen-bond acceptors (Lipinski definition) is 5. The van der Waals surface area contributed by atoms with Crippen molar-refractivity contribution in [2.45, 2.75) is 25.5 Å². The van der Waals surface area contributed by atoms with Crippen molar-refractivity contribution in [2.24, 2.45) is 5.73 Å². The lowest BCUT2D eigenvalue weighted by Crippen LogP contribution is -1.99. The molecule has 2 N–H and O–H groups in total. The number of rotatable bonds is 4. The molecule has 0 radical (unpaired) electrons. The largest absolute Gasteiger partial charge is 0.490 e. The van der Waals surface area contributed by atoms with Crippen LogP contribution >= 0.6 is 0 Å². The van der Waals surface area contributed by atoms with Gasteiger partial charge in [0.25, 0.3) is 0 Å². The molecule has 0 bridgehead atoms. The molecule has 0 atom stereocenters. The van der Waals surface area contributed by atoms with E-state index in [1.807, 2.05) is 0 Å². The van der Waals surface area contributed by atoms with Gasteiger partial charge in [-0.25, -0.2) is 4.39 Å². The Labute approximate surface area is 103 Å². The first-order chi connectivity index (χ1) is 8.76. The zero-order valence-corrected chi connectivity index (χ0v) is 9.60. The first-order valence-corrected chi connectivity index (χ1v) is 5.75. The minimum atomic E-state index is -0.368. The van der Waals surface area contributed by atoms with Gasteiger partial charge in [-0.1, -0.05) is 5.16 Å². The number of nitrogens with zero attached hydrogens (tertiary/aromatic N) is 2. The molecule has 0 saturated heterocycles. The highest BCUT2D eigenvalue weighted by Gasteiger charge is 2.25. The van der Waals surface area contributed by atoms with E-state index in [1.165, 1.54) is 12.1 Å². The van der Waals surface area contributed by atoms with E-state index in [-0.39, 0.29) is 18.5 Å². The van der Waals surface area contributed by atoms with Crippen LogP contribution in [-0.2, 0) is 6.54 Å². The third kappa shape index (κ3) is 2.19. The van der Waals surface area contributed by atoms with Gasteiger partial charge in [0.1, 0.15) is 11.6 Å². The fraction of sp³-hybridized carbons (Fsp3) is 0.333. The van der Waals surface area contributed by atoms with Gasteiger partial charge in [-0.05, 0) is 31.0 Å². The van der Waals surface area contributed by atoms with E-state index < -0.39 is 0 Å². The minimum absolute atomic E-state index is 0.154. The van der Waals surface area contributed by atoms with Gasteiger partial charge in [0.2, 0.25) is 11.7 Å². The Morgan fingerprint density at radius 1 is 1.44 bits per heavy atom. The van der Waals surface area contributed by atoms with E-state index in [1.54, 1.807) is 6.07 Å². The zero-order chi connectivity index (χ0) is 12.5. The Kier molecular flexibility index (Phi) is 2.71. The molecule has 1 aromatic heterocycles. The molecule has 1 heterocycles. The molecule has 3 rings (SSSR count). The molecule has 0 aliphatic heterocycles. The van der Waals surface area contributed by atoms with E-state index in [4.69, 9.17) is 15.0 Å². The number of halogens is 1. The van der Waals surface area contributed by atoms with E-state index in [0.717, 1.165) is 12.8 Å². The molecule has 18 heavy (non-hydrogen) atoms. The van der Waals surface area contributed by atoms with Crippen molar-refractivity contribution < 1.29 is 13.7 Å². The second-order valence-electron chi connectivity index (χ2n) is 4.17. The smallest absolute Gasteiger partial charge is 0.240 e. The molecule has 1 aliphatic rings. The number of hydrogen-bond donors (Lipinski definition) is 1. The summed E-state index contributed by atoms with van der Waals surface area (Å²) >= 11 is 0. The molecule has 1 aromatic carbocycles. The maximum Gasteiger partial charge on any atom is 0.240 e.